The van der Waals surface area contributed by atoms with Crippen LogP contribution in [0.4, 0.5) is 0 Å². The van der Waals surface area contributed by atoms with Gasteiger partial charge in [0.2, 0.25) is 0 Å². The summed E-state index contributed by atoms with van der Waals surface area (Å²) in [6.45, 7) is 8.23. The van der Waals surface area contributed by atoms with Gasteiger partial charge in [0.15, 0.2) is 5.82 Å². The van der Waals surface area contributed by atoms with Crippen molar-refractivity contribution in [1.29, 1.82) is 0 Å². The molecule has 0 radical (unpaired) electrons. The molecule has 0 bridgehead atoms. The number of hydrogen-bond acceptors (Lipinski definition) is 3. The van der Waals surface area contributed by atoms with Crippen LogP contribution in [0.2, 0.25) is 5.15 Å². The second-order valence-corrected chi connectivity index (χ2v) is 6.55. The summed E-state index contributed by atoms with van der Waals surface area (Å²) in [6, 6.07) is 10.0. The Morgan fingerprint density at radius 1 is 1.10 bits per heavy atom. The van der Waals surface area contributed by atoms with Gasteiger partial charge in [0.05, 0.1) is 5.69 Å². The Kier molecular flexibility index (Phi) is 4.64. The normalized spacial score (nSPS) is 13.2. The molecule has 0 N–H and O–H groups in total. The lowest BCUT2D eigenvalue weighted by Gasteiger charge is -2.28. The van der Waals surface area contributed by atoms with Gasteiger partial charge in [-0.15, -0.1) is 0 Å². The van der Waals surface area contributed by atoms with Crippen LogP contribution in [0.5, 0.6) is 0 Å². The predicted octanol–water partition coefficient (Wildman–Crippen LogP) is 4.84. The van der Waals surface area contributed by atoms with Gasteiger partial charge in [0.25, 0.3) is 0 Å². The quantitative estimate of drug-likeness (QED) is 0.761. The molecular formula is C17H21ClN2O. The average molecular weight is 305 g/mol. The molecule has 0 spiro atoms. The Morgan fingerprint density at radius 2 is 1.71 bits per heavy atom. The smallest absolute Gasteiger partial charge is 0.160 e. The zero-order valence-electron chi connectivity index (χ0n) is 13.1. The van der Waals surface area contributed by atoms with Crippen molar-refractivity contribution in [2.75, 3.05) is 7.11 Å². The summed E-state index contributed by atoms with van der Waals surface area (Å²) in [7, 11) is 1.68. The van der Waals surface area contributed by atoms with Gasteiger partial charge in [-0.05, 0) is 12.3 Å². The molecule has 2 aromatic rings. The number of methoxy groups -OCH3 is 1. The van der Waals surface area contributed by atoms with Crippen LogP contribution in [0.25, 0.3) is 11.3 Å². The summed E-state index contributed by atoms with van der Waals surface area (Å²) >= 11 is 6.31. The first-order chi connectivity index (χ1) is 9.84. The highest BCUT2D eigenvalue weighted by Gasteiger charge is 2.30. The Morgan fingerprint density at radius 3 is 2.24 bits per heavy atom. The molecule has 1 aromatic heterocycles. The molecule has 0 aliphatic heterocycles. The van der Waals surface area contributed by atoms with E-state index in [1.807, 2.05) is 37.3 Å². The van der Waals surface area contributed by atoms with Gasteiger partial charge < -0.3 is 4.74 Å². The number of nitrogens with zero attached hydrogens (tertiary/aromatic N) is 2. The summed E-state index contributed by atoms with van der Waals surface area (Å²) in [5, 5.41) is 0.477. The van der Waals surface area contributed by atoms with E-state index in [2.05, 4.69) is 25.8 Å². The topological polar surface area (TPSA) is 35.0 Å². The molecule has 3 nitrogen and oxygen atoms in total. The molecule has 2 rings (SSSR count). The standard InChI is InChI=1S/C17H21ClN2O/c1-11-13(12-9-7-6-8-10-12)19-16(20-15(11)18)14(21-5)17(2,3)4/h6-10,14H,1-5H3. The highest BCUT2D eigenvalue weighted by Crippen LogP contribution is 2.36. The van der Waals surface area contributed by atoms with E-state index in [0.717, 1.165) is 16.8 Å². The molecule has 0 amide bonds. The Bertz CT molecular complexity index is 621. The molecular weight excluding hydrogens is 284 g/mol. The van der Waals surface area contributed by atoms with E-state index in [1.54, 1.807) is 7.11 Å². The maximum Gasteiger partial charge on any atom is 0.160 e. The van der Waals surface area contributed by atoms with E-state index < -0.39 is 0 Å². The number of ether oxygens (including phenoxy) is 1. The zero-order valence-corrected chi connectivity index (χ0v) is 13.9. The Balaban J connectivity index is 2.59. The predicted molar refractivity (Wildman–Crippen MR) is 86.4 cm³/mol. The van der Waals surface area contributed by atoms with Gasteiger partial charge in [-0.2, -0.15) is 0 Å². The summed E-state index contributed by atoms with van der Waals surface area (Å²) in [5.41, 5.74) is 2.66. The largest absolute Gasteiger partial charge is 0.373 e. The fraction of sp³-hybridized carbons (Fsp3) is 0.412. The van der Waals surface area contributed by atoms with E-state index in [0.29, 0.717) is 11.0 Å². The molecule has 112 valence electrons. The molecule has 0 aliphatic carbocycles. The summed E-state index contributed by atoms with van der Waals surface area (Å²) < 4.78 is 5.60. The minimum absolute atomic E-state index is 0.110. The van der Waals surface area contributed by atoms with Gasteiger partial charge in [-0.3, -0.25) is 0 Å². The first kappa shape index (κ1) is 15.9. The number of aromatic nitrogens is 2. The molecule has 21 heavy (non-hydrogen) atoms. The molecule has 1 unspecified atom stereocenters. The Labute approximate surface area is 131 Å². The fourth-order valence-corrected chi connectivity index (χ4v) is 2.52. The van der Waals surface area contributed by atoms with Crippen molar-refractivity contribution in [2.24, 2.45) is 5.41 Å². The number of benzene rings is 1. The van der Waals surface area contributed by atoms with E-state index >= 15 is 0 Å². The van der Waals surface area contributed by atoms with E-state index in [1.165, 1.54) is 0 Å². The molecule has 0 fully saturated rings. The lowest BCUT2D eigenvalue weighted by Crippen LogP contribution is -2.23. The van der Waals surface area contributed by atoms with Crippen molar-refractivity contribution in [3.63, 3.8) is 0 Å². The molecule has 4 heteroatoms. The second kappa shape index (κ2) is 6.12. The third-order valence-electron chi connectivity index (χ3n) is 3.41. The minimum atomic E-state index is -0.210. The third-order valence-corrected chi connectivity index (χ3v) is 3.78. The van der Waals surface area contributed by atoms with Crippen molar-refractivity contribution in [1.82, 2.24) is 9.97 Å². The van der Waals surface area contributed by atoms with Crippen molar-refractivity contribution in [3.8, 4) is 11.3 Å². The third kappa shape index (κ3) is 3.42. The van der Waals surface area contributed by atoms with Gasteiger partial charge in [0.1, 0.15) is 11.3 Å². The summed E-state index contributed by atoms with van der Waals surface area (Å²) in [6.07, 6.45) is -0.210. The SMILES string of the molecule is COC(c1nc(Cl)c(C)c(-c2ccccc2)n1)C(C)(C)C. The van der Waals surface area contributed by atoms with Crippen LogP contribution in [0.15, 0.2) is 30.3 Å². The first-order valence-corrected chi connectivity index (χ1v) is 7.34. The zero-order chi connectivity index (χ0) is 15.6. The maximum absolute atomic E-state index is 6.31. The van der Waals surface area contributed by atoms with E-state index in [9.17, 15) is 0 Å². The maximum atomic E-state index is 6.31. The van der Waals surface area contributed by atoms with Crippen molar-refractivity contribution in [2.45, 2.75) is 33.8 Å². The molecule has 1 aromatic carbocycles. The van der Waals surface area contributed by atoms with Crippen molar-refractivity contribution < 1.29 is 4.74 Å². The summed E-state index contributed by atoms with van der Waals surface area (Å²) in [4.78, 5) is 9.15. The molecule has 1 atom stereocenters. The van der Waals surface area contributed by atoms with E-state index in [4.69, 9.17) is 21.3 Å². The fourth-order valence-electron chi connectivity index (χ4n) is 2.35. The van der Waals surface area contributed by atoms with Gasteiger partial charge in [-0.1, -0.05) is 62.7 Å². The van der Waals surface area contributed by atoms with Crippen LogP contribution in [0.3, 0.4) is 0 Å². The van der Waals surface area contributed by atoms with Crippen LogP contribution in [0, 0.1) is 12.3 Å². The molecule has 1 heterocycles. The molecule has 0 saturated heterocycles. The van der Waals surface area contributed by atoms with Gasteiger partial charge in [0, 0.05) is 18.2 Å². The number of hydrogen-bond donors (Lipinski definition) is 0. The van der Waals surface area contributed by atoms with Crippen LogP contribution >= 0.6 is 11.6 Å². The first-order valence-electron chi connectivity index (χ1n) is 6.97. The number of halogens is 1. The number of rotatable bonds is 3. The molecule has 0 aliphatic rings. The lowest BCUT2D eigenvalue weighted by atomic mass is 9.88. The Hall–Kier alpha value is -1.45. The monoisotopic (exact) mass is 304 g/mol. The van der Waals surface area contributed by atoms with Crippen LogP contribution in [0.1, 0.15) is 38.3 Å². The van der Waals surface area contributed by atoms with Crippen LogP contribution in [-0.2, 0) is 4.74 Å². The van der Waals surface area contributed by atoms with E-state index in [-0.39, 0.29) is 11.5 Å². The molecule has 0 saturated carbocycles. The van der Waals surface area contributed by atoms with Crippen molar-refractivity contribution in [3.05, 3.63) is 46.9 Å². The van der Waals surface area contributed by atoms with Crippen LogP contribution in [-0.4, -0.2) is 17.1 Å². The second-order valence-electron chi connectivity index (χ2n) is 6.19. The highest BCUT2D eigenvalue weighted by molar-refractivity contribution is 6.30. The van der Waals surface area contributed by atoms with Crippen molar-refractivity contribution >= 4 is 11.6 Å². The average Bonchev–Trinajstić information content (AvgIpc) is 2.42. The van der Waals surface area contributed by atoms with Gasteiger partial charge >= 0.3 is 0 Å². The highest BCUT2D eigenvalue weighted by atomic mass is 35.5. The van der Waals surface area contributed by atoms with Gasteiger partial charge in [-0.25, -0.2) is 9.97 Å². The van der Waals surface area contributed by atoms with Crippen LogP contribution < -0.4 is 0 Å². The minimum Gasteiger partial charge on any atom is -0.373 e. The lowest BCUT2D eigenvalue weighted by molar-refractivity contribution is 0.00873. The summed E-state index contributed by atoms with van der Waals surface area (Å²) in [5.74, 6) is 0.624.